The van der Waals surface area contributed by atoms with Crippen molar-refractivity contribution in [2.75, 3.05) is 25.4 Å². The van der Waals surface area contributed by atoms with Gasteiger partial charge in [-0.3, -0.25) is 4.79 Å². The number of rotatable bonds is 7. The van der Waals surface area contributed by atoms with E-state index in [0.717, 1.165) is 60.6 Å². The molecule has 1 saturated heterocycles. The van der Waals surface area contributed by atoms with Crippen LogP contribution in [0, 0.1) is 20.8 Å². The Labute approximate surface area is 198 Å². The lowest BCUT2D eigenvalue weighted by molar-refractivity contribution is -0.135. The summed E-state index contributed by atoms with van der Waals surface area (Å²) in [4.78, 5) is 15.7. The molecule has 0 unspecified atom stereocenters. The summed E-state index contributed by atoms with van der Waals surface area (Å²) in [5, 5.41) is 3.25. The van der Waals surface area contributed by atoms with Gasteiger partial charge in [0.05, 0.1) is 0 Å². The molecule has 4 rings (SSSR count). The minimum Gasteiger partial charge on any atom is -0.478 e. The van der Waals surface area contributed by atoms with Crippen LogP contribution >= 0.6 is 0 Å². The topological polar surface area (TPSA) is 67.6 Å². The van der Waals surface area contributed by atoms with Crippen molar-refractivity contribution in [2.24, 2.45) is 0 Å². The number of anilines is 1. The van der Waals surface area contributed by atoms with Gasteiger partial charge in [-0.25, -0.2) is 0 Å². The number of nitrogens with zero attached hydrogens (tertiary/aromatic N) is 1. The van der Waals surface area contributed by atoms with E-state index < -0.39 is 5.60 Å². The van der Waals surface area contributed by atoms with Gasteiger partial charge in [0.1, 0.15) is 5.75 Å². The van der Waals surface area contributed by atoms with E-state index in [1.54, 1.807) is 0 Å². The molecule has 0 spiro atoms. The fraction of sp³-hybridized carbons (Fsp3) is 0.536. The van der Waals surface area contributed by atoms with E-state index in [-0.39, 0.29) is 11.9 Å². The number of hydrogen-bond donors (Lipinski definition) is 2. The first-order valence-corrected chi connectivity index (χ1v) is 12.3. The van der Waals surface area contributed by atoms with Crippen molar-refractivity contribution >= 4 is 11.6 Å². The van der Waals surface area contributed by atoms with Gasteiger partial charge in [-0.1, -0.05) is 30.3 Å². The molecule has 178 valence electrons. The zero-order valence-corrected chi connectivity index (χ0v) is 20.8. The first-order chi connectivity index (χ1) is 15.6. The zero-order valence-electron chi connectivity index (χ0n) is 20.8. The third kappa shape index (κ3) is 5.03. The first kappa shape index (κ1) is 23.6. The van der Waals surface area contributed by atoms with Gasteiger partial charge in [-0.15, -0.1) is 0 Å². The average molecular weight is 450 g/mol. The van der Waals surface area contributed by atoms with Crippen LogP contribution in [0.5, 0.6) is 5.75 Å². The second-order valence-electron chi connectivity index (χ2n) is 10.6. The van der Waals surface area contributed by atoms with Gasteiger partial charge >= 0.3 is 0 Å². The largest absolute Gasteiger partial charge is 0.478 e. The molecule has 0 radical (unpaired) electrons. The molecule has 5 heteroatoms. The number of hydrogen-bond acceptors (Lipinski definition) is 4. The number of benzene rings is 2. The number of piperidine rings is 1. The molecule has 33 heavy (non-hydrogen) atoms. The molecule has 0 aromatic heterocycles. The van der Waals surface area contributed by atoms with E-state index in [1.807, 2.05) is 40.7 Å². The lowest BCUT2D eigenvalue weighted by atomic mass is 9.94. The summed E-state index contributed by atoms with van der Waals surface area (Å²) >= 11 is 0. The molecule has 0 atom stereocenters. The molecule has 1 aliphatic carbocycles. The number of carbonyl (C=O) groups is 1. The summed E-state index contributed by atoms with van der Waals surface area (Å²) in [6, 6.07) is 13.1. The highest BCUT2D eigenvalue weighted by atomic mass is 16.5. The molecule has 1 saturated carbocycles. The molecule has 2 aromatic rings. The molecule has 2 aromatic carbocycles. The number of likely N-dealkylation sites (tertiary alicyclic amines) is 1. The Kier molecular flexibility index (Phi) is 6.45. The van der Waals surface area contributed by atoms with Gasteiger partial charge < -0.3 is 20.7 Å². The molecule has 1 amide bonds. The summed E-state index contributed by atoms with van der Waals surface area (Å²) in [7, 11) is 0. The Morgan fingerprint density at radius 3 is 2.36 bits per heavy atom. The van der Waals surface area contributed by atoms with Crippen molar-refractivity contribution in [3.8, 4) is 5.75 Å². The molecule has 2 fully saturated rings. The smallest absolute Gasteiger partial charge is 0.263 e. The molecular weight excluding hydrogens is 410 g/mol. The van der Waals surface area contributed by atoms with Crippen LogP contribution in [0.1, 0.15) is 61.8 Å². The van der Waals surface area contributed by atoms with Crippen LogP contribution in [0.3, 0.4) is 0 Å². The van der Waals surface area contributed by atoms with Crippen LogP contribution in [-0.2, 0) is 10.2 Å². The van der Waals surface area contributed by atoms with Gasteiger partial charge in [-0.2, -0.15) is 0 Å². The van der Waals surface area contributed by atoms with Crippen molar-refractivity contribution in [1.29, 1.82) is 0 Å². The molecule has 5 nitrogen and oxygen atoms in total. The fourth-order valence-corrected chi connectivity index (χ4v) is 5.00. The maximum absolute atomic E-state index is 13.1. The van der Waals surface area contributed by atoms with E-state index in [2.05, 4.69) is 40.5 Å². The van der Waals surface area contributed by atoms with Crippen LogP contribution in [-0.4, -0.2) is 42.1 Å². The minimum absolute atomic E-state index is 0.0598. The average Bonchev–Trinajstić information content (AvgIpc) is 3.58. The van der Waals surface area contributed by atoms with Gasteiger partial charge in [0, 0.05) is 36.8 Å². The SMILES string of the molecule is Cc1cc(OC(C)(C)C(=O)NC2CCN(CC3(c4ccccc4)CC3)CC2)c(C)c(C)c1N. The molecule has 1 aliphatic heterocycles. The summed E-state index contributed by atoms with van der Waals surface area (Å²) in [5.74, 6) is 0.667. The fourth-order valence-electron chi connectivity index (χ4n) is 5.00. The first-order valence-electron chi connectivity index (χ1n) is 12.3. The maximum Gasteiger partial charge on any atom is 0.263 e. The van der Waals surface area contributed by atoms with E-state index in [4.69, 9.17) is 10.5 Å². The lowest BCUT2D eigenvalue weighted by Gasteiger charge is -2.36. The van der Waals surface area contributed by atoms with Crippen LogP contribution in [0.25, 0.3) is 0 Å². The minimum atomic E-state index is -0.956. The second-order valence-corrected chi connectivity index (χ2v) is 10.6. The van der Waals surface area contributed by atoms with Gasteiger partial charge in [0.25, 0.3) is 5.91 Å². The quantitative estimate of drug-likeness (QED) is 0.603. The Balaban J connectivity index is 1.31. The Bertz CT molecular complexity index is 1000. The normalized spacial score (nSPS) is 18.7. The Hall–Kier alpha value is -2.53. The highest BCUT2D eigenvalue weighted by Gasteiger charge is 2.45. The van der Waals surface area contributed by atoms with Crippen LogP contribution in [0.2, 0.25) is 0 Å². The second kappa shape index (κ2) is 9.02. The Morgan fingerprint density at radius 1 is 1.12 bits per heavy atom. The predicted octanol–water partition coefficient (Wildman–Crippen LogP) is 4.66. The summed E-state index contributed by atoms with van der Waals surface area (Å²) < 4.78 is 6.22. The molecule has 2 aliphatic rings. The van der Waals surface area contributed by atoms with Crippen molar-refractivity contribution in [2.45, 2.75) is 77.4 Å². The molecule has 0 bridgehead atoms. The maximum atomic E-state index is 13.1. The number of carbonyl (C=O) groups excluding carboxylic acids is 1. The third-order valence-electron chi connectivity index (χ3n) is 7.71. The Morgan fingerprint density at radius 2 is 1.76 bits per heavy atom. The number of nitrogen functional groups attached to an aromatic ring is 1. The summed E-state index contributed by atoms with van der Waals surface area (Å²) in [6.07, 6.45) is 4.52. The number of nitrogens with one attached hydrogen (secondary N) is 1. The summed E-state index contributed by atoms with van der Waals surface area (Å²) in [5.41, 5.74) is 10.8. The van der Waals surface area contributed by atoms with Crippen molar-refractivity contribution < 1.29 is 9.53 Å². The van der Waals surface area contributed by atoms with Crippen LogP contribution in [0.15, 0.2) is 36.4 Å². The van der Waals surface area contributed by atoms with Crippen molar-refractivity contribution in [3.05, 3.63) is 58.7 Å². The van der Waals surface area contributed by atoms with Gasteiger partial charge in [0.15, 0.2) is 5.60 Å². The predicted molar refractivity (Wildman–Crippen MR) is 135 cm³/mol. The molecular formula is C28H39N3O2. The highest BCUT2D eigenvalue weighted by Crippen LogP contribution is 2.48. The standard InChI is InChI=1S/C28H39N3O2/c1-19-17-24(20(2)21(3)25(19)29)33-27(4,5)26(32)30-23-11-15-31(16-12-23)18-28(13-14-28)22-9-7-6-8-10-22/h6-10,17,23H,11-16,18,29H2,1-5H3,(H,30,32). The zero-order chi connectivity index (χ0) is 23.8. The third-order valence-corrected chi connectivity index (χ3v) is 7.71. The summed E-state index contributed by atoms with van der Waals surface area (Å²) in [6.45, 7) is 12.8. The number of amides is 1. The van der Waals surface area contributed by atoms with Crippen LogP contribution < -0.4 is 15.8 Å². The van der Waals surface area contributed by atoms with Crippen molar-refractivity contribution in [3.63, 3.8) is 0 Å². The van der Waals surface area contributed by atoms with E-state index in [1.165, 1.54) is 18.4 Å². The monoisotopic (exact) mass is 449 g/mol. The van der Waals surface area contributed by atoms with Gasteiger partial charge in [0.2, 0.25) is 0 Å². The number of nitrogens with two attached hydrogens (primary N) is 1. The number of aryl methyl sites for hydroxylation is 1. The van der Waals surface area contributed by atoms with E-state index in [9.17, 15) is 4.79 Å². The van der Waals surface area contributed by atoms with E-state index in [0.29, 0.717) is 5.41 Å². The van der Waals surface area contributed by atoms with Crippen molar-refractivity contribution in [1.82, 2.24) is 10.2 Å². The number of ether oxygens (including phenoxy) is 1. The van der Waals surface area contributed by atoms with Crippen LogP contribution in [0.4, 0.5) is 5.69 Å². The highest BCUT2D eigenvalue weighted by molar-refractivity contribution is 5.85. The lowest BCUT2D eigenvalue weighted by Crippen LogP contribution is -2.53. The van der Waals surface area contributed by atoms with E-state index >= 15 is 0 Å². The molecule has 1 heterocycles. The molecule has 3 N–H and O–H groups in total. The van der Waals surface area contributed by atoms with Gasteiger partial charge in [-0.05, 0) is 88.6 Å².